The number of piperidine rings is 1. The van der Waals surface area contributed by atoms with Crippen LogP contribution in [-0.4, -0.2) is 16.7 Å². The van der Waals surface area contributed by atoms with E-state index in [2.05, 4.69) is 50.4 Å². The molecule has 2 aromatic rings. The van der Waals surface area contributed by atoms with E-state index in [1.165, 1.54) is 18.4 Å². The Morgan fingerprint density at radius 2 is 2.26 bits per heavy atom. The molecule has 1 fully saturated rings. The molecule has 1 aromatic heterocycles. The van der Waals surface area contributed by atoms with Crippen molar-refractivity contribution in [3.05, 3.63) is 34.1 Å². The second-order valence-electron chi connectivity index (χ2n) is 4.94. The fraction of sp³-hybridized carbons (Fsp3) is 0.429. The van der Waals surface area contributed by atoms with Crippen molar-refractivity contribution in [2.24, 2.45) is 0 Å². The van der Waals surface area contributed by atoms with Gasteiger partial charge in [-0.25, -0.2) is 0 Å². The maximum Gasteiger partial charge on any atom is 0.244 e. The number of rotatable bonds is 2. The van der Waals surface area contributed by atoms with Crippen molar-refractivity contribution in [3.63, 3.8) is 0 Å². The average molecular weight is 322 g/mol. The monoisotopic (exact) mass is 321 g/mol. The molecule has 1 saturated heterocycles. The summed E-state index contributed by atoms with van der Waals surface area (Å²) in [5, 5.41) is 7.51. The Labute approximate surface area is 120 Å². The third kappa shape index (κ3) is 2.72. The summed E-state index contributed by atoms with van der Waals surface area (Å²) in [6.45, 7) is 3.08. The third-order valence-electron chi connectivity index (χ3n) is 3.42. The first-order chi connectivity index (χ1) is 9.24. The highest BCUT2D eigenvalue weighted by Crippen LogP contribution is 2.29. The van der Waals surface area contributed by atoms with E-state index in [0.717, 1.165) is 23.0 Å². The molecule has 3 rings (SSSR count). The van der Waals surface area contributed by atoms with Crippen LogP contribution in [0, 0.1) is 6.92 Å². The lowest BCUT2D eigenvalue weighted by molar-refractivity contribution is 0.297. The summed E-state index contributed by atoms with van der Waals surface area (Å²) in [6, 6.07) is 6.33. The summed E-state index contributed by atoms with van der Waals surface area (Å²) >= 11 is 3.55. The Balaban J connectivity index is 1.87. The lowest BCUT2D eigenvalue weighted by atomic mass is 10.1. The van der Waals surface area contributed by atoms with E-state index in [0.29, 0.717) is 11.7 Å². The molecule has 0 bridgehead atoms. The summed E-state index contributed by atoms with van der Waals surface area (Å²) < 4.78 is 6.40. The Morgan fingerprint density at radius 3 is 3.00 bits per heavy atom. The van der Waals surface area contributed by atoms with E-state index in [1.807, 2.05) is 6.07 Å². The minimum Gasteiger partial charge on any atom is -0.337 e. The SMILES string of the molecule is Cc1ccc(-c2noc(C3CCCCN3)n2)c(Br)c1. The molecule has 0 aliphatic carbocycles. The first kappa shape index (κ1) is 12.8. The van der Waals surface area contributed by atoms with Crippen molar-refractivity contribution < 1.29 is 4.52 Å². The average Bonchev–Trinajstić information content (AvgIpc) is 2.89. The molecule has 1 atom stereocenters. The molecule has 0 saturated carbocycles. The van der Waals surface area contributed by atoms with Crippen molar-refractivity contribution in [1.29, 1.82) is 0 Å². The van der Waals surface area contributed by atoms with Gasteiger partial charge in [-0.1, -0.05) is 33.6 Å². The van der Waals surface area contributed by atoms with Crippen LogP contribution in [0.2, 0.25) is 0 Å². The predicted molar refractivity (Wildman–Crippen MR) is 76.8 cm³/mol. The Bertz CT molecular complexity index is 576. The summed E-state index contributed by atoms with van der Waals surface area (Å²) in [7, 11) is 0. The smallest absolute Gasteiger partial charge is 0.244 e. The van der Waals surface area contributed by atoms with E-state index < -0.39 is 0 Å². The van der Waals surface area contributed by atoms with Gasteiger partial charge in [-0.2, -0.15) is 4.98 Å². The minimum absolute atomic E-state index is 0.208. The molecule has 0 spiro atoms. The van der Waals surface area contributed by atoms with E-state index in [-0.39, 0.29) is 6.04 Å². The van der Waals surface area contributed by atoms with Gasteiger partial charge in [0.2, 0.25) is 11.7 Å². The lowest BCUT2D eigenvalue weighted by Crippen LogP contribution is -2.26. The highest BCUT2D eigenvalue weighted by Gasteiger charge is 2.21. The van der Waals surface area contributed by atoms with Gasteiger partial charge in [0.25, 0.3) is 0 Å². The first-order valence-corrected chi connectivity index (χ1v) is 7.37. The fourth-order valence-corrected chi connectivity index (χ4v) is 3.02. The van der Waals surface area contributed by atoms with Gasteiger partial charge in [0.1, 0.15) is 0 Å². The first-order valence-electron chi connectivity index (χ1n) is 6.57. The molecular weight excluding hydrogens is 306 g/mol. The number of hydrogen-bond donors (Lipinski definition) is 1. The lowest BCUT2D eigenvalue weighted by Gasteiger charge is -2.19. The van der Waals surface area contributed by atoms with Gasteiger partial charge in [0.15, 0.2) is 0 Å². The van der Waals surface area contributed by atoms with E-state index in [9.17, 15) is 0 Å². The summed E-state index contributed by atoms with van der Waals surface area (Å²) in [4.78, 5) is 4.52. The molecule has 0 amide bonds. The topological polar surface area (TPSA) is 51.0 Å². The molecule has 5 heteroatoms. The quantitative estimate of drug-likeness (QED) is 0.917. The highest BCUT2D eigenvalue weighted by molar-refractivity contribution is 9.10. The van der Waals surface area contributed by atoms with Gasteiger partial charge in [-0.3, -0.25) is 0 Å². The van der Waals surface area contributed by atoms with Crippen LogP contribution >= 0.6 is 15.9 Å². The molecular formula is C14H16BrN3O. The molecule has 1 N–H and O–H groups in total. The van der Waals surface area contributed by atoms with Gasteiger partial charge in [-0.15, -0.1) is 0 Å². The van der Waals surface area contributed by atoms with Crippen molar-refractivity contribution in [1.82, 2.24) is 15.5 Å². The van der Waals surface area contributed by atoms with Crippen LogP contribution in [0.1, 0.15) is 36.8 Å². The summed E-state index contributed by atoms with van der Waals surface area (Å²) in [5.74, 6) is 1.34. The molecule has 1 unspecified atom stereocenters. The number of aryl methyl sites for hydroxylation is 1. The van der Waals surface area contributed by atoms with Gasteiger partial charge in [0, 0.05) is 10.0 Å². The van der Waals surface area contributed by atoms with Crippen molar-refractivity contribution >= 4 is 15.9 Å². The summed E-state index contributed by atoms with van der Waals surface area (Å²) in [5.41, 5.74) is 2.17. The molecule has 0 radical (unpaired) electrons. The predicted octanol–water partition coefficient (Wildman–Crippen LogP) is 3.62. The highest BCUT2D eigenvalue weighted by atomic mass is 79.9. The van der Waals surface area contributed by atoms with E-state index in [4.69, 9.17) is 4.52 Å². The maximum absolute atomic E-state index is 5.40. The fourth-order valence-electron chi connectivity index (χ4n) is 2.35. The largest absolute Gasteiger partial charge is 0.337 e. The number of nitrogens with zero attached hydrogens (tertiary/aromatic N) is 2. The molecule has 19 heavy (non-hydrogen) atoms. The van der Waals surface area contributed by atoms with Crippen LogP contribution in [0.4, 0.5) is 0 Å². The molecule has 2 heterocycles. The van der Waals surface area contributed by atoms with Crippen LogP contribution in [-0.2, 0) is 0 Å². The zero-order valence-electron chi connectivity index (χ0n) is 10.8. The molecule has 4 nitrogen and oxygen atoms in total. The molecule has 1 aliphatic rings. The standard InChI is InChI=1S/C14H16BrN3O/c1-9-5-6-10(11(15)8-9)13-17-14(19-18-13)12-4-2-3-7-16-12/h5-6,8,12,16H,2-4,7H2,1H3. The third-order valence-corrected chi connectivity index (χ3v) is 4.07. The van der Waals surface area contributed by atoms with E-state index >= 15 is 0 Å². The van der Waals surface area contributed by atoms with Crippen molar-refractivity contribution in [3.8, 4) is 11.4 Å². The Kier molecular flexibility index (Phi) is 3.66. The maximum atomic E-state index is 5.40. The van der Waals surface area contributed by atoms with Gasteiger partial charge < -0.3 is 9.84 Å². The Morgan fingerprint density at radius 1 is 1.37 bits per heavy atom. The van der Waals surface area contributed by atoms with Crippen LogP contribution in [0.3, 0.4) is 0 Å². The van der Waals surface area contributed by atoms with Crippen molar-refractivity contribution in [2.75, 3.05) is 6.54 Å². The zero-order valence-corrected chi connectivity index (χ0v) is 12.4. The van der Waals surface area contributed by atoms with Crippen LogP contribution in [0.15, 0.2) is 27.2 Å². The number of aromatic nitrogens is 2. The minimum atomic E-state index is 0.208. The van der Waals surface area contributed by atoms with E-state index in [1.54, 1.807) is 0 Å². The molecule has 100 valence electrons. The van der Waals surface area contributed by atoms with Crippen LogP contribution in [0.25, 0.3) is 11.4 Å². The summed E-state index contributed by atoms with van der Waals surface area (Å²) in [6.07, 6.45) is 3.50. The number of benzene rings is 1. The van der Waals surface area contributed by atoms with Gasteiger partial charge in [-0.05, 0) is 44.0 Å². The second-order valence-corrected chi connectivity index (χ2v) is 5.80. The molecule has 1 aromatic carbocycles. The number of nitrogens with one attached hydrogen (secondary N) is 1. The van der Waals surface area contributed by atoms with Gasteiger partial charge >= 0.3 is 0 Å². The van der Waals surface area contributed by atoms with Gasteiger partial charge in [0.05, 0.1) is 6.04 Å². The number of halogens is 1. The Hall–Kier alpha value is -1.20. The van der Waals surface area contributed by atoms with Crippen LogP contribution in [0.5, 0.6) is 0 Å². The number of hydrogen-bond acceptors (Lipinski definition) is 4. The molecule has 1 aliphatic heterocycles. The van der Waals surface area contributed by atoms with Crippen LogP contribution < -0.4 is 5.32 Å². The second kappa shape index (κ2) is 5.43. The van der Waals surface area contributed by atoms with Crippen molar-refractivity contribution in [2.45, 2.75) is 32.2 Å². The zero-order chi connectivity index (χ0) is 13.2. The normalized spacial score (nSPS) is 19.6.